The van der Waals surface area contributed by atoms with Crippen LogP contribution in [0.15, 0.2) is 34.8 Å². The molecule has 1 aromatic carbocycles. The van der Waals surface area contributed by atoms with Gasteiger partial charge in [0.2, 0.25) is 5.78 Å². The molecule has 3 unspecified atom stereocenters. The maximum Gasteiger partial charge on any atom is 0.313 e. The number of nitrogens with two attached hydrogens (primary N) is 1. The number of rotatable bonds is 3. The Labute approximate surface area is 206 Å². The topological polar surface area (TPSA) is 203 Å². The Bertz CT molecular complexity index is 1270. The normalized spacial score (nSPS) is 27.2. The van der Waals surface area contributed by atoms with E-state index in [-0.39, 0.29) is 30.2 Å². The summed E-state index contributed by atoms with van der Waals surface area (Å²) in [6, 6.07) is 2.18. The minimum Gasteiger partial charge on any atom is -0.510 e. The quantitative estimate of drug-likeness (QED) is 0.157. The third kappa shape index (κ3) is 3.52. The molecule has 0 aliphatic heterocycles. The zero-order valence-corrected chi connectivity index (χ0v) is 20.0. The van der Waals surface area contributed by atoms with E-state index in [4.69, 9.17) is 5.73 Å². The van der Waals surface area contributed by atoms with Gasteiger partial charge >= 0.3 is 11.8 Å². The highest BCUT2D eigenvalue weighted by Crippen LogP contribution is 2.52. The maximum absolute atomic E-state index is 13.3. The number of ketones is 1. The van der Waals surface area contributed by atoms with Crippen LogP contribution in [0.4, 0.5) is 5.69 Å². The van der Waals surface area contributed by atoms with Crippen LogP contribution in [-0.2, 0) is 32.0 Å². The Balaban J connectivity index is 1.80. The molecule has 0 saturated heterocycles. The number of hydrogen-bond donors (Lipinski definition) is 7. The second kappa shape index (κ2) is 8.64. The number of hydrogen-bond acceptors (Lipinski definition) is 9. The van der Waals surface area contributed by atoms with Gasteiger partial charge in [0.1, 0.15) is 22.8 Å². The van der Waals surface area contributed by atoms with E-state index in [1.165, 1.54) is 13.1 Å². The lowest BCUT2D eigenvalue weighted by molar-refractivity contribution is -0.148. The van der Waals surface area contributed by atoms with Crippen molar-refractivity contribution in [3.05, 3.63) is 45.9 Å². The number of fused-ring (bicyclic) bond motifs is 3. The van der Waals surface area contributed by atoms with Gasteiger partial charge in [0.05, 0.1) is 11.7 Å². The molecule has 0 aromatic heterocycles. The molecule has 4 atom stereocenters. The number of amides is 3. The average molecular weight is 501 g/mol. The Morgan fingerprint density at radius 1 is 1.14 bits per heavy atom. The predicted molar refractivity (Wildman–Crippen MR) is 126 cm³/mol. The number of aliphatic hydroxyl groups excluding tert-OH is 2. The van der Waals surface area contributed by atoms with Gasteiger partial charge in [0, 0.05) is 24.9 Å². The van der Waals surface area contributed by atoms with Crippen LogP contribution < -0.4 is 16.4 Å². The number of phenols is 1. The molecule has 12 nitrogen and oxygen atoms in total. The van der Waals surface area contributed by atoms with Crippen LogP contribution in [0.5, 0.6) is 5.75 Å². The average Bonchev–Trinajstić information content (AvgIpc) is 2.81. The number of phenolic OH excluding ortho intramolecular Hbond substituents is 1. The second-order valence-corrected chi connectivity index (χ2v) is 9.55. The van der Waals surface area contributed by atoms with Crippen molar-refractivity contribution in [3.63, 3.8) is 0 Å². The van der Waals surface area contributed by atoms with Crippen molar-refractivity contribution in [2.75, 3.05) is 26.5 Å². The summed E-state index contributed by atoms with van der Waals surface area (Å²) in [6.45, 7) is 0. The van der Waals surface area contributed by atoms with Gasteiger partial charge in [-0.3, -0.25) is 24.1 Å². The van der Waals surface area contributed by atoms with E-state index in [1.54, 1.807) is 25.1 Å². The van der Waals surface area contributed by atoms with Crippen molar-refractivity contribution in [3.8, 4) is 5.75 Å². The van der Waals surface area contributed by atoms with Gasteiger partial charge in [-0.2, -0.15) is 0 Å². The van der Waals surface area contributed by atoms with Crippen LogP contribution in [0.1, 0.15) is 17.5 Å². The number of anilines is 1. The molecule has 3 amide bonds. The molecule has 4 rings (SSSR count). The first-order chi connectivity index (χ1) is 16.8. The summed E-state index contributed by atoms with van der Waals surface area (Å²) in [5, 5.41) is 49.0. The van der Waals surface area contributed by atoms with Gasteiger partial charge in [-0.05, 0) is 50.1 Å². The SMILES string of the molecule is CNC(=O)C(=O)Nc1ccc2c(c1O)CC1=C(O)C3(O)C(=O)C(C(N)=O)=C(O)[C@@H](N(C)C)C3CC1C2. The summed E-state index contributed by atoms with van der Waals surface area (Å²) in [6.07, 6.45) is 0.466. The van der Waals surface area contributed by atoms with E-state index >= 15 is 0 Å². The Kier molecular flexibility index (Phi) is 6.05. The Morgan fingerprint density at radius 2 is 1.81 bits per heavy atom. The number of aromatic hydroxyl groups is 1. The smallest absolute Gasteiger partial charge is 0.313 e. The number of aliphatic hydroxyl groups is 3. The fraction of sp³-hybridized carbons (Fsp3) is 0.417. The van der Waals surface area contributed by atoms with Crippen molar-refractivity contribution in [2.24, 2.45) is 17.6 Å². The summed E-state index contributed by atoms with van der Waals surface area (Å²) < 4.78 is 0. The number of nitrogens with zero attached hydrogens (tertiary/aromatic N) is 1. The van der Waals surface area contributed by atoms with E-state index < -0.39 is 58.2 Å². The van der Waals surface area contributed by atoms with Crippen LogP contribution in [-0.4, -0.2) is 81.6 Å². The van der Waals surface area contributed by atoms with E-state index in [1.807, 2.05) is 0 Å². The molecule has 8 N–H and O–H groups in total. The number of benzene rings is 1. The summed E-state index contributed by atoms with van der Waals surface area (Å²) >= 11 is 0. The second-order valence-electron chi connectivity index (χ2n) is 9.55. The lowest BCUT2D eigenvalue weighted by atomic mass is 9.59. The van der Waals surface area contributed by atoms with Gasteiger partial charge < -0.3 is 36.8 Å². The first kappa shape index (κ1) is 25.2. The minimum atomic E-state index is -2.50. The maximum atomic E-state index is 13.3. The molecule has 192 valence electrons. The highest BCUT2D eigenvalue weighted by atomic mass is 16.3. The van der Waals surface area contributed by atoms with Crippen molar-refractivity contribution in [2.45, 2.75) is 30.9 Å². The van der Waals surface area contributed by atoms with E-state index in [0.717, 1.165) is 5.56 Å². The number of allylic oxidation sites excluding steroid dienone is 1. The third-order valence-corrected chi connectivity index (χ3v) is 7.42. The fourth-order valence-electron chi connectivity index (χ4n) is 5.70. The first-order valence-corrected chi connectivity index (χ1v) is 11.3. The van der Waals surface area contributed by atoms with Crippen molar-refractivity contribution < 1.29 is 39.6 Å². The van der Waals surface area contributed by atoms with Gasteiger partial charge in [-0.15, -0.1) is 0 Å². The molecule has 0 radical (unpaired) electrons. The lowest BCUT2D eigenvalue weighted by Gasteiger charge is -2.50. The standard InChI is InChI=1S/C24H28N4O8/c1-26-22(34)23(35)27-14-5-4-9-6-10-7-13-16(28(2)3)18(30)15(21(25)33)20(32)24(13,36)19(31)12(10)8-11(9)17(14)29/h4-5,10,13,16,29-31,36H,6-8H2,1-3H3,(H2,25,33)(H,26,34)(H,27,35)/t10?,13?,16-,24?/m0/s1. The van der Waals surface area contributed by atoms with Gasteiger partial charge in [0.25, 0.3) is 5.91 Å². The molecule has 0 fully saturated rings. The lowest BCUT2D eigenvalue weighted by Crippen LogP contribution is -2.63. The highest BCUT2D eigenvalue weighted by molar-refractivity contribution is 6.39. The van der Waals surface area contributed by atoms with E-state index in [0.29, 0.717) is 17.6 Å². The number of nitrogens with one attached hydrogen (secondary N) is 2. The molecule has 3 aliphatic rings. The minimum absolute atomic E-state index is 0.0152. The molecular formula is C24H28N4O8. The Hall–Kier alpha value is -3.90. The monoisotopic (exact) mass is 500 g/mol. The molecule has 0 saturated carbocycles. The zero-order chi connectivity index (χ0) is 26.7. The molecule has 0 spiro atoms. The molecule has 1 aromatic rings. The summed E-state index contributed by atoms with van der Waals surface area (Å²) in [5.74, 6) is -7.10. The van der Waals surface area contributed by atoms with Gasteiger partial charge in [0.15, 0.2) is 5.60 Å². The van der Waals surface area contributed by atoms with E-state index in [2.05, 4.69) is 10.6 Å². The van der Waals surface area contributed by atoms with E-state index in [9.17, 15) is 39.6 Å². The molecule has 36 heavy (non-hydrogen) atoms. The number of primary amides is 1. The van der Waals surface area contributed by atoms with Gasteiger partial charge in [-0.25, -0.2) is 0 Å². The van der Waals surface area contributed by atoms with Crippen LogP contribution >= 0.6 is 0 Å². The van der Waals surface area contributed by atoms with Crippen LogP contribution in [0.25, 0.3) is 0 Å². The number of Topliss-reactive ketones (excluding diaryl/α,β-unsaturated/α-hetero) is 1. The van der Waals surface area contributed by atoms with Crippen LogP contribution in [0, 0.1) is 11.8 Å². The molecule has 0 heterocycles. The molecular weight excluding hydrogens is 472 g/mol. The summed E-state index contributed by atoms with van der Waals surface area (Å²) in [5.41, 5.74) is 3.42. The number of carbonyl (C=O) groups is 4. The first-order valence-electron chi connectivity index (χ1n) is 11.3. The third-order valence-electron chi connectivity index (χ3n) is 7.42. The molecule has 0 bridgehead atoms. The highest BCUT2D eigenvalue weighted by Gasteiger charge is 2.62. The van der Waals surface area contributed by atoms with Crippen LogP contribution in [0.3, 0.4) is 0 Å². The fourth-order valence-corrected chi connectivity index (χ4v) is 5.70. The van der Waals surface area contributed by atoms with Crippen LogP contribution in [0.2, 0.25) is 0 Å². The Morgan fingerprint density at radius 3 is 2.39 bits per heavy atom. The van der Waals surface area contributed by atoms with Crippen molar-refractivity contribution in [1.29, 1.82) is 0 Å². The van der Waals surface area contributed by atoms with Gasteiger partial charge in [-0.1, -0.05) is 6.07 Å². The van der Waals surface area contributed by atoms with Crippen molar-refractivity contribution in [1.82, 2.24) is 10.2 Å². The zero-order valence-electron chi connectivity index (χ0n) is 20.0. The largest absolute Gasteiger partial charge is 0.510 e. The number of carbonyl (C=O) groups excluding carboxylic acids is 4. The molecule has 3 aliphatic carbocycles. The summed E-state index contributed by atoms with van der Waals surface area (Å²) in [4.78, 5) is 50.3. The summed E-state index contributed by atoms with van der Waals surface area (Å²) in [7, 11) is 4.50. The van der Waals surface area contributed by atoms with Crippen molar-refractivity contribution >= 4 is 29.2 Å². The predicted octanol–water partition coefficient (Wildman–Crippen LogP) is -0.835. The number of likely N-dealkylation sites (N-methyl/N-ethyl adjacent to an activating group) is 2. The molecule has 12 heteroatoms.